The molecule has 0 aromatic heterocycles. The first-order valence-corrected chi connectivity index (χ1v) is 4.56. The molecule has 0 radical (unpaired) electrons. The molecule has 70 valence electrons. The van der Waals surface area contributed by atoms with E-state index >= 15 is 0 Å². The van der Waals surface area contributed by atoms with E-state index in [0.717, 1.165) is 25.0 Å². The molecule has 1 aromatic rings. The van der Waals surface area contributed by atoms with E-state index in [4.69, 9.17) is 4.74 Å². The van der Waals surface area contributed by atoms with E-state index in [-0.39, 0.29) is 11.4 Å². The minimum absolute atomic E-state index is 0.00215. The highest BCUT2D eigenvalue weighted by Gasteiger charge is 2.32. The maximum Gasteiger partial charge on any atom is 0.123 e. The predicted molar refractivity (Wildman–Crippen MR) is 49.1 cm³/mol. The molecule has 0 saturated carbocycles. The molecule has 0 N–H and O–H groups in total. The van der Waals surface area contributed by atoms with Gasteiger partial charge in [-0.05, 0) is 31.0 Å². The van der Waals surface area contributed by atoms with Gasteiger partial charge in [-0.2, -0.15) is 0 Å². The molecular formula is C11H13FO. The van der Waals surface area contributed by atoms with Gasteiger partial charge in [0.2, 0.25) is 0 Å². The van der Waals surface area contributed by atoms with Gasteiger partial charge in [-0.1, -0.05) is 12.1 Å². The Morgan fingerprint density at radius 3 is 2.46 bits per heavy atom. The standard InChI is InChI=1S/C11H13FO/c1-11(6-7-13-11)8-9-2-4-10(12)5-3-9/h2-5H,6-8H2,1H3. The maximum absolute atomic E-state index is 12.6. The number of halogens is 1. The Labute approximate surface area is 77.5 Å². The lowest BCUT2D eigenvalue weighted by molar-refractivity contribution is -0.132. The molecule has 1 nitrogen and oxygen atoms in total. The first-order chi connectivity index (χ1) is 6.18. The average molecular weight is 180 g/mol. The molecular weight excluding hydrogens is 167 g/mol. The summed E-state index contributed by atoms with van der Waals surface area (Å²) in [5.74, 6) is -0.177. The van der Waals surface area contributed by atoms with Gasteiger partial charge in [0.1, 0.15) is 5.82 Å². The van der Waals surface area contributed by atoms with Crippen molar-refractivity contribution in [2.75, 3.05) is 6.61 Å². The smallest absolute Gasteiger partial charge is 0.123 e. The van der Waals surface area contributed by atoms with Crippen LogP contribution in [0, 0.1) is 5.82 Å². The monoisotopic (exact) mass is 180 g/mol. The van der Waals surface area contributed by atoms with Crippen LogP contribution in [0.2, 0.25) is 0 Å². The Morgan fingerprint density at radius 1 is 1.38 bits per heavy atom. The van der Waals surface area contributed by atoms with Crippen molar-refractivity contribution in [1.82, 2.24) is 0 Å². The fourth-order valence-electron chi connectivity index (χ4n) is 1.62. The van der Waals surface area contributed by atoms with Gasteiger partial charge in [0.25, 0.3) is 0 Å². The van der Waals surface area contributed by atoms with Crippen molar-refractivity contribution in [3.05, 3.63) is 35.6 Å². The normalized spacial score (nSPS) is 26.9. The van der Waals surface area contributed by atoms with E-state index in [0.29, 0.717) is 0 Å². The largest absolute Gasteiger partial charge is 0.375 e. The van der Waals surface area contributed by atoms with Crippen LogP contribution in [-0.4, -0.2) is 12.2 Å². The zero-order valence-corrected chi connectivity index (χ0v) is 7.72. The zero-order chi connectivity index (χ0) is 9.31. The molecule has 0 amide bonds. The van der Waals surface area contributed by atoms with Crippen molar-refractivity contribution in [1.29, 1.82) is 0 Å². The van der Waals surface area contributed by atoms with E-state index in [1.165, 1.54) is 12.1 Å². The Balaban J connectivity index is 2.05. The minimum Gasteiger partial charge on any atom is -0.375 e. The third kappa shape index (κ3) is 1.89. The minimum atomic E-state index is -0.177. The third-order valence-electron chi connectivity index (χ3n) is 2.57. The molecule has 1 aromatic carbocycles. The molecule has 1 aliphatic rings. The lowest BCUT2D eigenvalue weighted by Crippen LogP contribution is -2.42. The molecule has 1 aliphatic heterocycles. The van der Waals surface area contributed by atoms with E-state index in [1.807, 2.05) is 12.1 Å². The van der Waals surface area contributed by atoms with Gasteiger partial charge in [0.15, 0.2) is 0 Å². The number of benzene rings is 1. The van der Waals surface area contributed by atoms with Crippen LogP contribution in [0.1, 0.15) is 18.9 Å². The predicted octanol–water partition coefficient (Wildman–Crippen LogP) is 2.55. The lowest BCUT2D eigenvalue weighted by atomic mass is 9.89. The van der Waals surface area contributed by atoms with E-state index in [9.17, 15) is 4.39 Å². The molecule has 2 rings (SSSR count). The topological polar surface area (TPSA) is 9.23 Å². The van der Waals surface area contributed by atoms with Crippen molar-refractivity contribution >= 4 is 0 Å². The van der Waals surface area contributed by atoms with Crippen LogP contribution in [0.25, 0.3) is 0 Å². The Bertz CT molecular complexity index is 287. The molecule has 0 aliphatic carbocycles. The van der Waals surface area contributed by atoms with Gasteiger partial charge in [0.05, 0.1) is 12.2 Å². The summed E-state index contributed by atoms with van der Waals surface area (Å²) >= 11 is 0. The summed E-state index contributed by atoms with van der Waals surface area (Å²) in [6.45, 7) is 2.96. The van der Waals surface area contributed by atoms with Gasteiger partial charge in [-0.15, -0.1) is 0 Å². The molecule has 1 heterocycles. The second-order valence-corrected chi connectivity index (χ2v) is 3.85. The van der Waals surface area contributed by atoms with Crippen molar-refractivity contribution in [3.8, 4) is 0 Å². The van der Waals surface area contributed by atoms with Crippen LogP contribution in [0.5, 0.6) is 0 Å². The lowest BCUT2D eigenvalue weighted by Gasteiger charge is -2.38. The fourth-order valence-corrected chi connectivity index (χ4v) is 1.62. The third-order valence-corrected chi connectivity index (χ3v) is 2.57. The highest BCUT2D eigenvalue weighted by molar-refractivity contribution is 5.18. The van der Waals surface area contributed by atoms with Crippen LogP contribution in [0.3, 0.4) is 0 Å². The summed E-state index contributed by atoms with van der Waals surface area (Å²) in [6.07, 6.45) is 1.98. The summed E-state index contributed by atoms with van der Waals surface area (Å²) in [5, 5.41) is 0. The molecule has 0 bridgehead atoms. The van der Waals surface area contributed by atoms with Crippen molar-refractivity contribution < 1.29 is 9.13 Å². The van der Waals surface area contributed by atoms with Crippen LogP contribution in [-0.2, 0) is 11.2 Å². The molecule has 1 saturated heterocycles. The van der Waals surface area contributed by atoms with Crippen LogP contribution in [0.4, 0.5) is 4.39 Å². The van der Waals surface area contributed by atoms with Crippen molar-refractivity contribution in [2.24, 2.45) is 0 Å². The first-order valence-electron chi connectivity index (χ1n) is 4.56. The molecule has 2 heteroatoms. The van der Waals surface area contributed by atoms with E-state index < -0.39 is 0 Å². The highest BCUT2D eigenvalue weighted by Crippen LogP contribution is 2.29. The van der Waals surface area contributed by atoms with Crippen LogP contribution in [0.15, 0.2) is 24.3 Å². The van der Waals surface area contributed by atoms with Gasteiger partial charge < -0.3 is 4.74 Å². The summed E-state index contributed by atoms with van der Waals surface area (Å²) in [6, 6.07) is 6.64. The van der Waals surface area contributed by atoms with Crippen molar-refractivity contribution in [2.45, 2.75) is 25.4 Å². The van der Waals surface area contributed by atoms with Gasteiger partial charge in [-0.25, -0.2) is 4.39 Å². The molecule has 1 fully saturated rings. The van der Waals surface area contributed by atoms with Crippen molar-refractivity contribution in [3.63, 3.8) is 0 Å². The summed E-state index contributed by atoms with van der Waals surface area (Å²) in [4.78, 5) is 0. The molecule has 1 atom stereocenters. The van der Waals surface area contributed by atoms with Gasteiger partial charge >= 0.3 is 0 Å². The second-order valence-electron chi connectivity index (χ2n) is 3.85. The molecule has 1 unspecified atom stereocenters. The second kappa shape index (κ2) is 3.11. The Kier molecular flexibility index (Phi) is 2.08. The molecule has 0 spiro atoms. The quantitative estimate of drug-likeness (QED) is 0.679. The highest BCUT2D eigenvalue weighted by atomic mass is 19.1. The van der Waals surface area contributed by atoms with Gasteiger partial charge in [0, 0.05) is 6.42 Å². The number of ether oxygens (including phenoxy) is 1. The van der Waals surface area contributed by atoms with Crippen LogP contribution < -0.4 is 0 Å². The average Bonchev–Trinajstić information content (AvgIpc) is 2.06. The SMILES string of the molecule is CC1(Cc2ccc(F)cc2)CCO1. The number of hydrogen-bond acceptors (Lipinski definition) is 1. The maximum atomic E-state index is 12.6. The molecule has 13 heavy (non-hydrogen) atoms. The first kappa shape index (κ1) is 8.70. The summed E-state index contributed by atoms with van der Waals surface area (Å²) in [7, 11) is 0. The summed E-state index contributed by atoms with van der Waals surface area (Å²) < 4.78 is 18.0. The van der Waals surface area contributed by atoms with Gasteiger partial charge in [-0.3, -0.25) is 0 Å². The Morgan fingerprint density at radius 2 is 2.00 bits per heavy atom. The Hall–Kier alpha value is -0.890. The van der Waals surface area contributed by atoms with E-state index in [2.05, 4.69) is 6.92 Å². The zero-order valence-electron chi connectivity index (χ0n) is 7.72. The number of rotatable bonds is 2. The van der Waals surface area contributed by atoms with E-state index in [1.54, 1.807) is 0 Å². The fraction of sp³-hybridized carbons (Fsp3) is 0.455. The van der Waals surface area contributed by atoms with Crippen LogP contribution >= 0.6 is 0 Å². The number of hydrogen-bond donors (Lipinski definition) is 0. The summed E-state index contributed by atoms with van der Waals surface area (Å²) in [5.41, 5.74) is 1.14.